The molecule has 2 amide bonds. The van der Waals surface area contributed by atoms with Crippen LogP contribution in [0.1, 0.15) is 23.2 Å². The van der Waals surface area contributed by atoms with E-state index in [1.54, 1.807) is 18.6 Å². The van der Waals surface area contributed by atoms with Crippen molar-refractivity contribution in [2.75, 3.05) is 18.0 Å². The van der Waals surface area contributed by atoms with Crippen molar-refractivity contribution in [1.82, 2.24) is 20.8 Å². The van der Waals surface area contributed by atoms with Gasteiger partial charge in [-0.1, -0.05) is 0 Å². The highest BCUT2D eigenvalue weighted by Gasteiger charge is 2.26. The zero-order chi connectivity index (χ0) is 17.6. The third-order valence-electron chi connectivity index (χ3n) is 4.14. The highest BCUT2D eigenvalue weighted by molar-refractivity contribution is 5.95. The third kappa shape index (κ3) is 4.28. The minimum Gasteiger partial charge on any atom is -0.355 e. The Morgan fingerprint density at radius 3 is 2.44 bits per heavy atom. The number of nitrogens with one attached hydrogen (secondary N) is 2. The standard InChI is InChI=1S/C17H18FN5O2/c18-14-3-1-12(2-4-14)16(24)21-22-17(25)13-5-9-23(10-6-13)15-11-19-7-8-20-15/h1-4,7-8,11,13H,5-6,9-10H2,(H,21,24)(H,22,25). The Kier molecular flexibility index (Phi) is 5.17. The zero-order valence-corrected chi connectivity index (χ0v) is 13.5. The number of hydrogen-bond acceptors (Lipinski definition) is 5. The summed E-state index contributed by atoms with van der Waals surface area (Å²) < 4.78 is 12.8. The van der Waals surface area contributed by atoms with Gasteiger partial charge in [0.25, 0.3) is 5.91 Å². The predicted molar refractivity (Wildman–Crippen MR) is 89.0 cm³/mol. The normalized spacial score (nSPS) is 14.8. The molecule has 1 aromatic carbocycles. The maximum atomic E-state index is 12.8. The number of hydrazine groups is 1. The van der Waals surface area contributed by atoms with E-state index in [0.29, 0.717) is 25.9 Å². The van der Waals surface area contributed by atoms with Gasteiger partial charge < -0.3 is 4.90 Å². The molecule has 2 N–H and O–H groups in total. The second kappa shape index (κ2) is 7.69. The lowest BCUT2D eigenvalue weighted by Crippen LogP contribution is -2.47. The summed E-state index contributed by atoms with van der Waals surface area (Å²) in [6, 6.07) is 5.10. The van der Waals surface area contributed by atoms with Crippen LogP contribution in [0.2, 0.25) is 0 Å². The Hall–Kier alpha value is -3.03. The van der Waals surface area contributed by atoms with E-state index in [9.17, 15) is 14.0 Å². The Balaban J connectivity index is 1.46. The lowest BCUT2D eigenvalue weighted by Gasteiger charge is -2.31. The molecule has 0 aliphatic carbocycles. The van der Waals surface area contributed by atoms with E-state index in [0.717, 1.165) is 5.82 Å². The van der Waals surface area contributed by atoms with E-state index in [2.05, 4.69) is 25.7 Å². The molecule has 2 heterocycles. The first-order chi connectivity index (χ1) is 12.1. The van der Waals surface area contributed by atoms with Crippen LogP contribution in [0.3, 0.4) is 0 Å². The molecule has 1 saturated heterocycles. The number of rotatable bonds is 3. The summed E-state index contributed by atoms with van der Waals surface area (Å²) in [6.45, 7) is 1.39. The van der Waals surface area contributed by atoms with Crippen LogP contribution >= 0.6 is 0 Å². The van der Waals surface area contributed by atoms with Gasteiger partial charge >= 0.3 is 0 Å². The van der Waals surface area contributed by atoms with Crippen molar-refractivity contribution in [3.05, 3.63) is 54.2 Å². The number of anilines is 1. The third-order valence-corrected chi connectivity index (χ3v) is 4.14. The molecule has 2 aromatic rings. The zero-order valence-electron chi connectivity index (χ0n) is 13.5. The number of nitrogens with zero attached hydrogens (tertiary/aromatic N) is 3. The first-order valence-corrected chi connectivity index (χ1v) is 8.00. The van der Waals surface area contributed by atoms with Crippen LogP contribution in [0.4, 0.5) is 10.2 Å². The van der Waals surface area contributed by atoms with Gasteiger partial charge in [0.2, 0.25) is 5.91 Å². The van der Waals surface area contributed by atoms with Crippen LogP contribution in [0, 0.1) is 11.7 Å². The molecule has 1 fully saturated rings. The Morgan fingerprint density at radius 1 is 1.08 bits per heavy atom. The molecule has 0 unspecified atom stereocenters. The van der Waals surface area contributed by atoms with Crippen molar-refractivity contribution >= 4 is 17.6 Å². The second-order valence-electron chi connectivity index (χ2n) is 5.78. The van der Waals surface area contributed by atoms with Crippen molar-refractivity contribution in [1.29, 1.82) is 0 Å². The highest BCUT2D eigenvalue weighted by atomic mass is 19.1. The number of benzene rings is 1. The summed E-state index contributed by atoms with van der Waals surface area (Å²) in [4.78, 5) is 34.5. The molecular formula is C17H18FN5O2. The Labute approximate surface area is 144 Å². The van der Waals surface area contributed by atoms with Crippen molar-refractivity contribution in [3.8, 4) is 0 Å². The van der Waals surface area contributed by atoms with Crippen molar-refractivity contribution in [3.63, 3.8) is 0 Å². The number of aromatic nitrogens is 2. The lowest BCUT2D eigenvalue weighted by atomic mass is 9.96. The Morgan fingerprint density at radius 2 is 1.80 bits per heavy atom. The fraction of sp³-hybridized carbons (Fsp3) is 0.294. The van der Waals surface area contributed by atoms with Crippen LogP contribution in [-0.4, -0.2) is 34.9 Å². The van der Waals surface area contributed by atoms with Gasteiger partial charge in [-0.25, -0.2) is 9.37 Å². The predicted octanol–water partition coefficient (Wildman–Crippen LogP) is 1.29. The number of hydrogen-bond donors (Lipinski definition) is 2. The number of piperidine rings is 1. The molecular weight excluding hydrogens is 325 g/mol. The minimum atomic E-state index is -0.481. The Bertz CT molecular complexity index is 730. The van der Waals surface area contributed by atoms with Crippen LogP contribution < -0.4 is 15.8 Å². The van der Waals surface area contributed by atoms with Crippen molar-refractivity contribution in [2.24, 2.45) is 5.92 Å². The van der Waals surface area contributed by atoms with Gasteiger partial charge in [0.1, 0.15) is 11.6 Å². The fourth-order valence-corrected chi connectivity index (χ4v) is 2.72. The van der Waals surface area contributed by atoms with Gasteiger partial charge in [-0.2, -0.15) is 0 Å². The van der Waals surface area contributed by atoms with E-state index in [4.69, 9.17) is 0 Å². The summed E-state index contributed by atoms with van der Waals surface area (Å²) in [5.41, 5.74) is 5.08. The maximum absolute atomic E-state index is 12.8. The monoisotopic (exact) mass is 343 g/mol. The van der Waals surface area contributed by atoms with Gasteiger partial charge in [-0.3, -0.25) is 25.4 Å². The van der Waals surface area contributed by atoms with Gasteiger partial charge in [0.05, 0.1) is 6.20 Å². The molecule has 8 heteroatoms. The molecule has 0 radical (unpaired) electrons. The summed E-state index contributed by atoms with van der Waals surface area (Å²) in [5, 5.41) is 0. The van der Waals surface area contributed by atoms with Crippen LogP contribution in [-0.2, 0) is 4.79 Å². The summed E-state index contributed by atoms with van der Waals surface area (Å²) in [6.07, 6.45) is 6.28. The van der Waals surface area contributed by atoms with Gasteiger partial charge in [-0.15, -0.1) is 0 Å². The summed E-state index contributed by atoms with van der Waals surface area (Å²) in [7, 11) is 0. The average molecular weight is 343 g/mol. The second-order valence-corrected chi connectivity index (χ2v) is 5.78. The molecule has 25 heavy (non-hydrogen) atoms. The average Bonchev–Trinajstić information content (AvgIpc) is 2.67. The number of carbonyl (C=O) groups is 2. The summed E-state index contributed by atoms with van der Waals surface area (Å²) >= 11 is 0. The molecule has 0 spiro atoms. The van der Waals surface area contributed by atoms with Crippen molar-refractivity contribution < 1.29 is 14.0 Å². The van der Waals surface area contributed by atoms with E-state index >= 15 is 0 Å². The van der Waals surface area contributed by atoms with Gasteiger partial charge in [-0.05, 0) is 37.1 Å². The molecule has 0 atom stereocenters. The van der Waals surface area contributed by atoms with E-state index in [1.165, 1.54) is 24.3 Å². The summed E-state index contributed by atoms with van der Waals surface area (Å²) in [5.74, 6) is -0.512. The lowest BCUT2D eigenvalue weighted by molar-refractivity contribution is -0.126. The first kappa shape index (κ1) is 16.8. The molecule has 1 aliphatic rings. The number of amides is 2. The maximum Gasteiger partial charge on any atom is 0.269 e. The first-order valence-electron chi connectivity index (χ1n) is 8.00. The number of halogens is 1. The van der Waals surface area contributed by atoms with Crippen molar-refractivity contribution in [2.45, 2.75) is 12.8 Å². The van der Waals surface area contributed by atoms with E-state index in [-0.39, 0.29) is 17.4 Å². The van der Waals surface area contributed by atoms with Crippen LogP contribution in [0.5, 0.6) is 0 Å². The molecule has 1 aliphatic heterocycles. The van der Waals surface area contributed by atoms with Gasteiger partial charge in [0.15, 0.2) is 0 Å². The smallest absolute Gasteiger partial charge is 0.269 e. The molecule has 0 saturated carbocycles. The topological polar surface area (TPSA) is 87.2 Å². The molecule has 1 aromatic heterocycles. The minimum absolute atomic E-state index is 0.179. The molecule has 130 valence electrons. The van der Waals surface area contributed by atoms with Gasteiger partial charge in [0, 0.05) is 37.0 Å². The fourth-order valence-electron chi connectivity index (χ4n) is 2.72. The van der Waals surface area contributed by atoms with E-state index < -0.39 is 11.7 Å². The highest BCUT2D eigenvalue weighted by Crippen LogP contribution is 2.21. The molecule has 0 bridgehead atoms. The molecule has 7 nitrogen and oxygen atoms in total. The quantitative estimate of drug-likeness (QED) is 0.820. The SMILES string of the molecule is O=C(NNC(=O)C1CCN(c2cnccn2)CC1)c1ccc(F)cc1. The van der Waals surface area contributed by atoms with E-state index in [1.807, 2.05) is 0 Å². The largest absolute Gasteiger partial charge is 0.355 e. The van der Waals surface area contributed by atoms with Crippen LogP contribution in [0.25, 0.3) is 0 Å². The molecule has 3 rings (SSSR count). The number of carbonyl (C=O) groups excluding carboxylic acids is 2. The van der Waals surface area contributed by atoms with Crippen LogP contribution in [0.15, 0.2) is 42.9 Å².